The molecule has 0 spiro atoms. The Kier molecular flexibility index (Phi) is 4.64. The van der Waals surface area contributed by atoms with Gasteiger partial charge >= 0.3 is 5.97 Å². The molecule has 16 heavy (non-hydrogen) atoms. The van der Waals surface area contributed by atoms with Gasteiger partial charge in [-0.25, -0.2) is 0 Å². The normalized spacial score (nSPS) is 10.1. The van der Waals surface area contributed by atoms with Crippen LogP contribution in [0.15, 0.2) is 18.2 Å². The van der Waals surface area contributed by atoms with E-state index in [1.165, 1.54) is 18.2 Å². The zero-order chi connectivity index (χ0) is 12.0. The van der Waals surface area contributed by atoms with Crippen molar-refractivity contribution in [3.8, 4) is 11.5 Å². The zero-order valence-electron chi connectivity index (χ0n) is 9.27. The maximum atomic E-state index is 11.3. The Balaban J connectivity index is 2.52. The summed E-state index contributed by atoms with van der Waals surface area (Å²) in [5.41, 5.74) is 0.376. The van der Waals surface area contributed by atoms with Gasteiger partial charge < -0.3 is 14.9 Å². The van der Waals surface area contributed by atoms with E-state index in [1.54, 1.807) is 0 Å². The maximum absolute atomic E-state index is 11.3. The summed E-state index contributed by atoms with van der Waals surface area (Å²) >= 11 is 0. The van der Waals surface area contributed by atoms with E-state index in [0.29, 0.717) is 12.2 Å². The number of phenols is 2. The molecule has 0 heterocycles. The van der Waals surface area contributed by atoms with E-state index >= 15 is 0 Å². The Hall–Kier alpha value is -1.71. The van der Waals surface area contributed by atoms with E-state index in [2.05, 4.69) is 0 Å². The molecule has 0 unspecified atom stereocenters. The molecule has 0 aliphatic carbocycles. The highest BCUT2D eigenvalue weighted by Gasteiger charge is 2.09. The van der Waals surface area contributed by atoms with Crippen molar-refractivity contribution in [3.63, 3.8) is 0 Å². The van der Waals surface area contributed by atoms with E-state index in [-0.39, 0.29) is 17.9 Å². The molecule has 4 nitrogen and oxygen atoms in total. The van der Waals surface area contributed by atoms with Gasteiger partial charge in [-0.05, 0) is 24.6 Å². The molecule has 0 saturated heterocycles. The van der Waals surface area contributed by atoms with Crippen LogP contribution in [0.25, 0.3) is 0 Å². The molecule has 0 aliphatic heterocycles. The minimum atomic E-state index is -0.394. The van der Waals surface area contributed by atoms with Crippen molar-refractivity contribution in [2.24, 2.45) is 0 Å². The third-order valence-electron chi connectivity index (χ3n) is 2.16. The molecule has 0 saturated carbocycles. The number of hydrogen-bond donors (Lipinski definition) is 2. The Morgan fingerprint density at radius 3 is 2.81 bits per heavy atom. The Morgan fingerprint density at radius 2 is 2.12 bits per heavy atom. The number of ether oxygens (including phenoxy) is 1. The van der Waals surface area contributed by atoms with Crippen LogP contribution >= 0.6 is 0 Å². The summed E-state index contributed by atoms with van der Waals surface area (Å²) in [6.45, 7) is 2.41. The lowest BCUT2D eigenvalue weighted by Crippen LogP contribution is -2.09. The number of esters is 1. The molecule has 4 heteroatoms. The van der Waals surface area contributed by atoms with Crippen LogP contribution in [0.2, 0.25) is 0 Å². The number of carbonyl (C=O) groups is 1. The average Bonchev–Trinajstić information content (AvgIpc) is 2.24. The first-order valence-electron chi connectivity index (χ1n) is 5.30. The summed E-state index contributed by atoms with van der Waals surface area (Å²) in [6, 6.07) is 4.07. The second kappa shape index (κ2) is 6.00. The fraction of sp³-hybridized carbons (Fsp3) is 0.417. The van der Waals surface area contributed by atoms with Crippen LogP contribution in [0.3, 0.4) is 0 Å². The van der Waals surface area contributed by atoms with Gasteiger partial charge in [-0.1, -0.05) is 13.3 Å². The monoisotopic (exact) mass is 224 g/mol. The highest BCUT2D eigenvalue weighted by atomic mass is 16.5. The molecule has 0 bridgehead atoms. The van der Waals surface area contributed by atoms with Crippen LogP contribution in [0.4, 0.5) is 0 Å². The second-order valence-electron chi connectivity index (χ2n) is 3.56. The van der Waals surface area contributed by atoms with Crippen LogP contribution in [0.5, 0.6) is 11.5 Å². The number of benzene rings is 1. The largest absolute Gasteiger partial charge is 0.508 e. The van der Waals surface area contributed by atoms with Crippen LogP contribution in [-0.4, -0.2) is 22.8 Å². The first-order chi connectivity index (χ1) is 7.63. The maximum Gasteiger partial charge on any atom is 0.310 e. The molecular weight excluding hydrogens is 208 g/mol. The highest BCUT2D eigenvalue weighted by Crippen LogP contribution is 2.22. The van der Waals surface area contributed by atoms with E-state index in [9.17, 15) is 15.0 Å². The van der Waals surface area contributed by atoms with Gasteiger partial charge in [0.25, 0.3) is 0 Å². The molecule has 0 aromatic heterocycles. The first-order valence-corrected chi connectivity index (χ1v) is 5.30. The standard InChI is InChI=1S/C12H16O4/c1-2-3-6-16-12(15)8-9-7-10(13)4-5-11(9)14/h4-5,7,13-14H,2-3,6,8H2,1H3. The van der Waals surface area contributed by atoms with Crippen LogP contribution < -0.4 is 0 Å². The zero-order valence-corrected chi connectivity index (χ0v) is 9.27. The number of carbonyl (C=O) groups excluding carboxylic acids is 1. The van der Waals surface area contributed by atoms with Gasteiger partial charge in [-0.3, -0.25) is 4.79 Å². The summed E-state index contributed by atoms with van der Waals surface area (Å²) in [6.07, 6.45) is 1.77. The number of unbranched alkanes of at least 4 members (excludes halogenated alkanes) is 1. The average molecular weight is 224 g/mol. The highest BCUT2D eigenvalue weighted by molar-refractivity contribution is 5.73. The van der Waals surface area contributed by atoms with Crippen molar-refractivity contribution in [2.75, 3.05) is 6.61 Å². The van der Waals surface area contributed by atoms with Crippen LogP contribution in [-0.2, 0) is 16.0 Å². The van der Waals surface area contributed by atoms with Crippen LogP contribution in [0.1, 0.15) is 25.3 Å². The molecule has 0 fully saturated rings. The minimum Gasteiger partial charge on any atom is -0.508 e. The van der Waals surface area contributed by atoms with E-state index in [1.807, 2.05) is 6.92 Å². The minimum absolute atomic E-state index is 0.00904. The van der Waals surface area contributed by atoms with Crippen molar-refractivity contribution >= 4 is 5.97 Å². The lowest BCUT2D eigenvalue weighted by Gasteiger charge is -2.06. The Labute approximate surface area is 94.5 Å². The third kappa shape index (κ3) is 3.81. The molecule has 0 amide bonds. The van der Waals surface area contributed by atoms with E-state index in [0.717, 1.165) is 12.8 Å². The quantitative estimate of drug-likeness (QED) is 0.456. The smallest absolute Gasteiger partial charge is 0.310 e. The fourth-order valence-corrected chi connectivity index (χ4v) is 1.25. The summed E-state index contributed by atoms with van der Waals surface area (Å²) in [7, 11) is 0. The van der Waals surface area contributed by atoms with Crippen molar-refractivity contribution in [3.05, 3.63) is 23.8 Å². The first kappa shape index (κ1) is 12.4. The summed E-state index contributed by atoms with van der Waals surface area (Å²) in [5.74, 6) is -0.381. The molecule has 0 atom stereocenters. The van der Waals surface area contributed by atoms with E-state index in [4.69, 9.17) is 4.74 Å². The molecule has 1 aromatic rings. The predicted octanol–water partition coefficient (Wildman–Crippen LogP) is 1.98. The van der Waals surface area contributed by atoms with Gasteiger partial charge in [0.15, 0.2) is 0 Å². The number of phenolic OH excluding ortho intramolecular Hbond substituents is 2. The molecule has 88 valence electrons. The Bertz CT molecular complexity index is 360. The molecule has 0 aliphatic rings. The van der Waals surface area contributed by atoms with Gasteiger partial charge in [0.05, 0.1) is 13.0 Å². The van der Waals surface area contributed by atoms with Gasteiger partial charge in [-0.2, -0.15) is 0 Å². The van der Waals surface area contributed by atoms with Gasteiger partial charge in [0.2, 0.25) is 0 Å². The van der Waals surface area contributed by atoms with Crippen molar-refractivity contribution in [1.29, 1.82) is 0 Å². The molecule has 1 rings (SSSR count). The summed E-state index contributed by atoms with van der Waals surface area (Å²) < 4.78 is 4.95. The Morgan fingerprint density at radius 1 is 1.38 bits per heavy atom. The van der Waals surface area contributed by atoms with Crippen molar-refractivity contribution in [1.82, 2.24) is 0 Å². The molecule has 2 N–H and O–H groups in total. The number of hydrogen-bond acceptors (Lipinski definition) is 4. The van der Waals surface area contributed by atoms with Gasteiger partial charge in [0, 0.05) is 5.56 Å². The van der Waals surface area contributed by atoms with Gasteiger partial charge in [0.1, 0.15) is 11.5 Å². The lowest BCUT2D eigenvalue weighted by atomic mass is 10.1. The second-order valence-corrected chi connectivity index (χ2v) is 3.56. The lowest BCUT2D eigenvalue weighted by molar-refractivity contribution is -0.142. The molecular formula is C12H16O4. The summed E-state index contributed by atoms with van der Waals surface area (Å²) in [5, 5.41) is 18.6. The number of rotatable bonds is 5. The number of aromatic hydroxyl groups is 2. The SMILES string of the molecule is CCCCOC(=O)Cc1cc(O)ccc1O. The van der Waals surface area contributed by atoms with Crippen molar-refractivity contribution < 1.29 is 19.7 Å². The van der Waals surface area contributed by atoms with Crippen molar-refractivity contribution in [2.45, 2.75) is 26.2 Å². The van der Waals surface area contributed by atoms with Crippen LogP contribution in [0, 0.1) is 0 Å². The van der Waals surface area contributed by atoms with E-state index < -0.39 is 5.97 Å². The molecule has 1 aromatic carbocycles. The predicted molar refractivity (Wildman–Crippen MR) is 59.3 cm³/mol. The third-order valence-corrected chi connectivity index (χ3v) is 2.16. The fourth-order valence-electron chi connectivity index (χ4n) is 1.25. The molecule has 0 radical (unpaired) electrons. The van der Waals surface area contributed by atoms with Gasteiger partial charge in [-0.15, -0.1) is 0 Å². The summed E-state index contributed by atoms with van der Waals surface area (Å²) in [4.78, 5) is 11.3. The topological polar surface area (TPSA) is 66.8 Å².